The van der Waals surface area contributed by atoms with E-state index in [1.54, 1.807) is 38.7 Å². The van der Waals surface area contributed by atoms with Crippen LogP contribution in [0.1, 0.15) is 0 Å². The Bertz CT molecular complexity index is 795. The molecule has 0 fully saturated rings. The summed E-state index contributed by atoms with van der Waals surface area (Å²) in [4.78, 5) is 9.57. The van der Waals surface area contributed by atoms with Gasteiger partial charge >= 0.3 is 70.2 Å². The number of thioether (sulfide) groups is 1. The summed E-state index contributed by atoms with van der Waals surface area (Å²) in [7, 11) is -5.81. The van der Waals surface area contributed by atoms with Crippen molar-refractivity contribution in [2.24, 2.45) is 0 Å². The molecule has 3 aromatic rings. The molecule has 0 atom stereocenters. The maximum Gasteiger partial charge on any atom is 0.260 e. The smallest absolute Gasteiger partial charge is 0.260 e. The predicted molar refractivity (Wildman–Crippen MR) is 122 cm³/mol. The quantitative estimate of drug-likeness (QED) is 0.137. The Morgan fingerprint density at radius 3 is 1.36 bits per heavy atom. The van der Waals surface area contributed by atoms with Crippen molar-refractivity contribution in [1.82, 2.24) is 29.1 Å². The second-order valence-corrected chi connectivity index (χ2v) is 11.7. The van der Waals surface area contributed by atoms with E-state index in [4.69, 9.17) is 4.65 Å². The van der Waals surface area contributed by atoms with Gasteiger partial charge in [0.05, 0.1) is 0 Å². The number of hydrogen-bond acceptors (Lipinski definition) is 5. The predicted octanol–water partition coefficient (Wildman–Crippen LogP) is 2.96. The molecule has 3 heterocycles. The van der Waals surface area contributed by atoms with Crippen molar-refractivity contribution >= 4 is 43.6 Å². The SMILES string of the molecule is CP(C)C.CS[C](=[W])[C-]=O.F[B-](F)(F)F.[C-]#[O+].c1cnn([B-](n2cccn2)n2cccn2)c1. The van der Waals surface area contributed by atoms with Gasteiger partial charge in [-0.15, -0.1) is 7.92 Å². The van der Waals surface area contributed by atoms with Crippen LogP contribution in [0.2, 0.25) is 0 Å². The molecule has 0 aliphatic rings. The van der Waals surface area contributed by atoms with E-state index < -0.39 is 7.25 Å². The molecular formula is C16H21B2F4N6O2PSW-3. The van der Waals surface area contributed by atoms with E-state index in [0.29, 0.717) is 7.92 Å². The van der Waals surface area contributed by atoms with Crippen molar-refractivity contribution in [3.8, 4) is 0 Å². The first-order chi connectivity index (χ1) is 15.5. The van der Waals surface area contributed by atoms with Crippen LogP contribution in [0.25, 0.3) is 0 Å². The molecule has 33 heavy (non-hydrogen) atoms. The van der Waals surface area contributed by atoms with Crippen LogP contribution < -0.4 is 0 Å². The van der Waals surface area contributed by atoms with Crippen molar-refractivity contribution in [2.45, 2.75) is 0 Å². The van der Waals surface area contributed by atoms with Crippen LogP contribution in [0.3, 0.4) is 0 Å². The maximum atomic E-state index is 9.75. The van der Waals surface area contributed by atoms with Gasteiger partial charge in [0.1, 0.15) is 0 Å². The van der Waals surface area contributed by atoms with Crippen LogP contribution in [-0.2, 0) is 28.8 Å². The second-order valence-electron chi connectivity index (χ2n) is 5.73. The number of nitrogens with zero attached hydrogens (tertiary/aromatic N) is 6. The van der Waals surface area contributed by atoms with Gasteiger partial charge in [-0.2, -0.15) is 0 Å². The Labute approximate surface area is 206 Å². The van der Waals surface area contributed by atoms with E-state index in [0.717, 1.165) is 3.23 Å². The minimum Gasteiger partial charge on any atom is -0.425 e. The summed E-state index contributed by atoms with van der Waals surface area (Å²) in [6.07, 6.45) is 14.5. The summed E-state index contributed by atoms with van der Waals surface area (Å²) in [6, 6.07) is 5.62. The minimum atomic E-state index is -6.00. The van der Waals surface area contributed by atoms with E-state index in [-0.39, 0.29) is 7.12 Å². The van der Waals surface area contributed by atoms with Crippen molar-refractivity contribution in [1.29, 1.82) is 0 Å². The van der Waals surface area contributed by atoms with E-state index in [2.05, 4.69) is 41.9 Å². The molecule has 0 aliphatic heterocycles. The molecule has 0 saturated carbocycles. The Kier molecular flexibility index (Phi) is 19.9. The fourth-order valence-electron chi connectivity index (χ4n) is 1.66. The summed E-state index contributed by atoms with van der Waals surface area (Å²) in [5.74, 6) is 0. The van der Waals surface area contributed by atoms with E-state index in [9.17, 15) is 22.1 Å². The van der Waals surface area contributed by atoms with Gasteiger partial charge in [-0.25, -0.2) is 15.3 Å². The topological polar surface area (TPSA) is 90.4 Å². The van der Waals surface area contributed by atoms with Crippen LogP contribution in [-0.4, -0.2) is 79.2 Å². The first kappa shape index (κ1) is 33.4. The van der Waals surface area contributed by atoms with Crippen LogP contribution >= 0.6 is 19.7 Å². The van der Waals surface area contributed by atoms with Gasteiger partial charge in [0.2, 0.25) is 0 Å². The molecule has 181 valence electrons. The summed E-state index contributed by atoms with van der Waals surface area (Å²) in [5, 5.41) is 12.7. The van der Waals surface area contributed by atoms with Crippen LogP contribution in [0.4, 0.5) is 17.3 Å². The standard InChI is InChI=1S/C9H9BN6.C3H3OS.C3H9P.CO.BF4.W/c1-4-11-14(7-1)10(15-8-2-5-12-15)16-9-3-6-13-16;1-5-3-2-4;1-4(2)3;1-2;2-1(3,4)5;/h1-9H;1H3;1-3H3;;;/q2*-1;;;-1;. The van der Waals surface area contributed by atoms with Crippen LogP contribution in [0.5, 0.6) is 0 Å². The van der Waals surface area contributed by atoms with Crippen molar-refractivity contribution < 1.29 is 46.1 Å². The Morgan fingerprint density at radius 2 is 1.24 bits per heavy atom. The fraction of sp³-hybridized carbons (Fsp3) is 0.250. The molecule has 0 aliphatic carbocycles. The summed E-state index contributed by atoms with van der Waals surface area (Å²) in [6.45, 7) is 11.2. The summed E-state index contributed by atoms with van der Waals surface area (Å²) in [5.41, 5.74) is 0. The zero-order chi connectivity index (χ0) is 25.9. The number of hydrogen-bond donors (Lipinski definition) is 0. The Morgan fingerprint density at radius 1 is 0.970 bits per heavy atom. The third-order valence-corrected chi connectivity index (χ3v) is 5.10. The third kappa shape index (κ3) is 19.4. The third-order valence-electron chi connectivity index (χ3n) is 2.55. The second kappa shape index (κ2) is 19.7. The van der Waals surface area contributed by atoms with Crippen molar-refractivity contribution in [3.05, 3.63) is 62.0 Å². The van der Waals surface area contributed by atoms with E-state index in [1.165, 1.54) is 31.1 Å². The average molecular weight is 674 g/mol. The zero-order valence-corrected chi connectivity index (χ0v) is 22.8. The number of carbonyl (C=O) groups excluding carboxylic acids is 1. The van der Waals surface area contributed by atoms with Gasteiger partial charge in [-0.1, -0.05) is 0 Å². The molecule has 17 heteroatoms. The van der Waals surface area contributed by atoms with Gasteiger partial charge < -0.3 is 31.0 Å². The molecule has 0 N–H and O–H groups in total. The minimum absolute atomic E-state index is 0.194. The molecule has 3 rings (SSSR count). The summed E-state index contributed by atoms with van der Waals surface area (Å²) < 4.78 is 52.7. The molecular weight excluding hydrogens is 653 g/mol. The average Bonchev–Trinajstić information content (AvgIpc) is 3.52. The molecule has 1 radical (unpaired) electrons. The van der Waals surface area contributed by atoms with Gasteiger partial charge in [-0.05, 0) is 56.8 Å². The molecule has 0 saturated heterocycles. The molecule has 0 bridgehead atoms. The Hall–Kier alpha value is -1.77. The van der Waals surface area contributed by atoms with Crippen LogP contribution in [0.15, 0.2) is 55.4 Å². The zero-order valence-electron chi connectivity index (χ0n) is 18.1. The number of aromatic nitrogens is 6. The largest absolute Gasteiger partial charge is 0.425 e. The molecule has 0 spiro atoms. The van der Waals surface area contributed by atoms with Crippen molar-refractivity contribution in [3.63, 3.8) is 0 Å². The molecule has 0 aromatic carbocycles. The van der Waals surface area contributed by atoms with Gasteiger partial charge in [0.25, 0.3) is 7.12 Å². The van der Waals surface area contributed by atoms with Gasteiger partial charge in [0, 0.05) is 18.6 Å². The normalized spacial score (nSPS) is 9.70. The fourth-order valence-corrected chi connectivity index (χ4v) is 1.74. The molecule has 3 aromatic heterocycles. The van der Waals surface area contributed by atoms with Crippen molar-refractivity contribution in [2.75, 3.05) is 26.3 Å². The Balaban J connectivity index is 0. The van der Waals surface area contributed by atoms with Crippen LogP contribution in [0, 0.1) is 6.65 Å². The van der Waals surface area contributed by atoms with E-state index >= 15 is 0 Å². The van der Waals surface area contributed by atoms with Gasteiger partial charge in [-0.3, -0.25) is 0 Å². The molecule has 8 nitrogen and oxygen atoms in total. The monoisotopic (exact) mass is 674 g/mol. The number of halogens is 4. The van der Waals surface area contributed by atoms with E-state index in [1.807, 2.05) is 43.0 Å². The molecule has 0 amide bonds. The first-order valence-corrected chi connectivity index (χ1v) is 14.0. The summed E-state index contributed by atoms with van der Waals surface area (Å²) >= 11 is 2.66. The van der Waals surface area contributed by atoms with Gasteiger partial charge in [0.15, 0.2) is 0 Å². The first-order valence-electron chi connectivity index (χ1n) is 8.61. The maximum absolute atomic E-state index is 9.75. The molecule has 0 unspecified atom stereocenters. The number of rotatable bonds is 5.